The molecule has 1 aromatic carbocycles. The van der Waals surface area contributed by atoms with Gasteiger partial charge in [0.1, 0.15) is 5.82 Å². The summed E-state index contributed by atoms with van der Waals surface area (Å²) in [7, 11) is 0. The van der Waals surface area contributed by atoms with E-state index < -0.39 is 17.8 Å². The quantitative estimate of drug-likeness (QED) is 0.382. The van der Waals surface area contributed by atoms with Gasteiger partial charge in [0.25, 0.3) is 17.8 Å². The number of halogens is 4. The molecule has 30 heavy (non-hydrogen) atoms. The number of nitrogens with zero attached hydrogens (tertiary/aromatic N) is 1. The molecule has 4 rings (SSSR count). The summed E-state index contributed by atoms with van der Waals surface area (Å²) in [5.41, 5.74) is -0.300. The van der Waals surface area contributed by atoms with Gasteiger partial charge in [-0.15, -0.1) is 0 Å². The van der Waals surface area contributed by atoms with Gasteiger partial charge in [0.2, 0.25) is 0 Å². The predicted octanol–water partition coefficient (Wildman–Crippen LogP) is 1.50. The van der Waals surface area contributed by atoms with E-state index in [1.54, 1.807) is 12.3 Å². The zero-order valence-corrected chi connectivity index (χ0v) is 16.5. The van der Waals surface area contributed by atoms with Crippen LogP contribution in [0.1, 0.15) is 5.56 Å². The number of hydrogen-bond donors (Lipinski definition) is 5. The summed E-state index contributed by atoms with van der Waals surface area (Å²) in [4.78, 5) is 19.4. The molecule has 0 unspecified atom stereocenters. The monoisotopic (exact) mass is 454 g/mol. The molecule has 0 saturated carbocycles. The molecular formula is C19H14Cl2F2N4O3. The third kappa shape index (κ3) is 3.39. The molecule has 3 aromatic rings. The van der Waals surface area contributed by atoms with E-state index in [1.807, 2.05) is 6.08 Å². The van der Waals surface area contributed by atoms with E-state index >= 15 is 0 Å². The Morgan fingerprint density at radius 2 is 1.90 bits per heavy atom. The highest BCUT2D eigenvalue weighted by molar-refractivity contribution is 6.39. The third-order valence-electron chi connectivity index (χ3n) is 4.67. The van der Waals surface area contributed by atoms with Crippen LogP contribution in [0.15, 0.2) is 29.2 Å². The maximum absolute atomic E-state index is 12.9. The lowest BCUT2D eigenvalue weighted by molar-refractivity contribution is -0.248. The largest absolute Gasteiger partial charge is 0.387 e. The second kappa shape index (κ2) is 7.51. The molecule has 2 aromatic heterocycles. The smallest absolute Gasteiger partial charge is 0.295 e. The molecule has 0 fully saturated rings. The highest BCUT2D eigenvalue weighted by Gasteiger charge is 2.38. The molecular weight excluding hydrogens is 441 g/mol. The van der Waals surface area contributed by atoms with Crippen LogP contribution in [-0.4, -0.2) is 33.2 Å². The first-order valence-corrected chi connectivity index (χ1v) is 9.40. The number of benzene rings is 1. The highest BCUT2D eigenvalue weighted by atomic mass is 35.5. The highest BCUT2D eigenvalue weighted by Crippen LogP contribution is 2.37. The van der Waals surface area contributed by atoms with Gasteiger partial charge in [-0.2, -0.15) is 0 Å². The van der Waals surface area contributed by atoms with Gasteiger partial charge in [-0.05, 0) is 18.2 Å². The predicted molar refractivity (Wildman–Crippen MR) is 110 cm³/mol. The Hall–Kier alpha value is -2.72. The van der Waals surface area contributed by atoms with E-state index in [0.29, 0.717) is 33.7 Å². The molecule has 3 heterocycles. The molecule has 5 N–H and O–H groups in total. The third-order valence-corrected chi connectivity index (χ3v) is 5.27. The topological polar surface area (TPSA) is 110 Å². The van der Waals surface area contributed by atoms with E-state index in [1.165, 1.54) is 6.20 Å². The van der Waals surface area contributed by atoms with Gasteiger partial charge in [-0.25, -0.2) is 13.8 Å². The van der Waals surface area contributed by atoms with E-state index in [-0.39, 0.29) is 21.3 Å². The van der Waals surface area contributed by atoms with Crippen molar-refractivity contribution < 1.29 is 19.0 Å². The number of pyridine rings is 2. The van der Waals surface area contributed by atoms with Gasteiger partial charge in [0.05, 0.1) is 26.6 Å². The molecule has 11 heteroatoms. The first-order chi connectivity index (χ1) is 14.2. The number of nitrogens with one attached hydrogen (secondary N) is 3. The molecule has 0 atom stereocenters. The number of hydrogen-bond acceptors (Lipinski definition) is 6. The van der Waals surface area contributed by atoms with Gasteiger partial charge in [0.15, 0.2) is 0 Å². The van der Waals surface area contributed by atoms with Crippen LogP contribution in [0, 0.1) is 0 Å². The fourth-order valence-corrected chi connectivity index (χ4v) is 3.77. The lowest BCUT2D eigenvalue weighted by Crippen LogP contribution is -2.38. The lowest BCUT2D eigenvalue weighted by atomic mass is 10.1. The minimum atomic E-state index is -3.46. The SMILES string of the molecule is O=c1[nH]ccc2nc(Nc3c(Cl)cc(C(O)(O)C(F)F)cc3Cl)c3c(c12)=CNCC=3. The van der Waals surface area contributed by atoms with Gasteiger partial charge >= 0.3 is 0 Å². The number of H-pyrrole nitrogens is 1. The average molecular weight is 455 g/mol. The minimum absolute atomic E-state index is 0.120. The molecule has 1 aliphatic rings. The Bertz CT molecular complexity index is 1320. The summed E-state index contributed by atoms with van der Waals surface area (Å²) in [5.74, 6) is -3.06. The first-order valence-electron chi connectivity index (χ1n) is 8.64. The molecule has 7 nitrogen and oxygen atoms in total. The summed E-state index contributed by atoms with van der Waals surface area (Å²) in [5, 5.41) is 26.6. The number of anilines is 2. The van der Waals surface area contributed by atoms with E-state index in [9.17, 15) is 23.8 Å². The van der Waals surface area contributed by atoms with Crippen LogP contribution in [0.5, 0.6) is 0 Å². The van der Waals surface area contributed by atoms with Crippen molar-refractivity contribution in [1.82, 2.24) is 15.3 Å². The van der Waals surface area contributed by atoms with E-state index in [0.717, 1.165) is 12.1 Å². The Balaban J connectivity index is 1.88. The molecule has 0 saturated heterocycles. The van der Waals surface area contributed by atoms with Crippen LogP contribution in [0.2, 0.25) is 10.0 Å². The minimum Gasteiger partial charge on any atom is -0.387 e. The van der Waals surface area contributed by atoms with Crippen LogP contribution >= 0.6 is 23.2 Å². The molecule has 0 radical (unpaired) electrons. The van der Waals surface area contributed by atoms with Crippen LogP contribution in [0.4, 0.5) is 20.3 Å². The number of aromatic nitrogens is 2. The zero-order valence-electron chi connectivity index (χ0n) is 15.0. The fraction of sp³-hybridized carbons (Fsp3) is 0.158. The van der Waals surface area contributed by atoms with E-state index in [4.69, 9.17) is 23.2 Å². The Morgan fingerprint density at radius 1 is 1.20 bits per heavy atom. The Labute approximate surface area is 177 Å². The second-order valence-electron chi connectivity index (χ2n) is 6.58. The van der Waals surface area contributed by atoms with Crippen molar-refractivity contribution in [3.05, 3.63) is 60.8 Å². The van der Waals surface area contributed by atoms with Crippen molar-refractivity contribution in [1.29, 1.82) is 0 Å². The second-order valence-corrected chi connectivity index (χ2v) is 7.39. The molecule has 1 aliphatic heterocycles. The standard InChI is InChI=1S/C19H14Cl2F2N4O3/c20-11-5-8(19(29,30)18(22)23)6-12(21)15(11)27-16-9-1-3-24-7-10(9)14-13(26-16)2-4-25-17(14)28/h1-2,4-7,18,24,29-30H,3H2,(H,25,28)(H,26,27). The van der Waals surface area contributed by atoms with Gasteiger partial charge in [0, 0.05) is 34.9 Å². The maximum Gasteiger partial charge on any atom is 0.295 e. The molecule has 156 valence electrons. The number of rotatable bonds is 4. The molecule has 0 aliphatic carbocycles. The summed E-state index contributed by atoms with van der Waals surface area (Å²) in [6.07, 6.45) is 1.51. The van der Waals surface area contributed by atoms with E-state index in [2.05, 4.69) is 20.6 Å². The average Bonchev–Trinajstić information content (AvgIpc) is 2.70. The normalized spacial score (nSPS) is 13.4. The van der Waals surface area contributed by atoms with Crippen molar-refractivity contribution in [2.45, 2.75) is 12.2 Å². The van der Waals surface area contributed by atoms with Crippen LogP contribution < -0.4 is 26.6 Å². The summed E-state index contributed by atoms with van der Waals surface area (Å²) >= 11 is 12.4. The Morgan fingerprint density at radius 3 is 2.57 bits per heavy atom. The summed E-state index contributed by atoms with van der Waals surface area (Å²) < 4.78 is 25.9. The number of aliphatic hydroxyl groups is 2. The summed E-state index contributed by atoms with van der Waals surface area (Å²) in [6, 6.07) is 3.60. The molecule has 0 bridgehead atoms. The lowest BCUT2D eigenvalue weighted by Gasteiger charge is -2.22. The van der Waals surface area contributed by atoms with Crippen LogP contribution in [-0.2, 0) is 5.79 Å². The van der Waals surface area contributed by atoms with Crippen molar-refractivity contribution in [3.63, 3.8) is 0 Å². The maximum atomic E-state index is 12.9. The van der Waals surface area contributed by atoms with Crippen LogP contribution in [0.3, 0.4) is 0 Å². The van der Waals surface area contributed by atoms with Crippen molar-refractivity contribution in [2.24, 2.45) is 0 Å². The van der Waals surface area contributed by atoms with Gasteiger partial charge in [-0.3, -0.25) is 4.79 Å². The van der Waals surface area contributed by atoms with Gasteiger partial charge < -0.3 is 25.8 Å². The molecule has 0 amide bonds. The number of fused-ring (bicyclic) bond motifs is 3. The van der Waals surface area contributed by atoms with Gasteiger partial charge in [-0.1, -0.05) is 29.3 Å². The van der Waals surface area contributed by atoms with Crippen molar-refractivity contribution in [3.8, 4) is 0 Å². The number of alkyl halides is 2. The van der Waals surface area contributed by atoms with Crippen molar-refractivity contribution in [2.75, 3.05) is 11.9 Å². The van der Waals surface area contributed by atoms with Crippen molar-refractivity contribution >= 4 is 57.9 Å². The Kier molecular flexibility index (Phi) is 5.15. The zero-order chi connectivity index (χ0) is 21.6. The van der Waals surface area contributed by atoms with Crippen LogP contribution in [0.25, 0.3) is 23.2 Å². The number of aromatic amines is 1. The summed E-state index contributed by atoms with van der Waals surface area (Å²) in [6.45, 7) is 0.492. The fourth-order valence-electron chi connectivity index (χ4n) is 3.19. The first kappa shape index (κ1) is 20.5. The molecule has 0 spiro atoms.